The highest BCUT2D eigenvalue weighted by molar-refractivity contribution is 5.84. The van der Waals surface area contributed by atoms with Crippen LogP contribution in [0.2, 0.25) is 0 Å². The van der Waals surface area contributed by atoms with Gasteiger partial charge in [-0.15, -0.1) is 0 Å². The Labute approximate surface area is 260 Å². The second-order valence-corrected chi connectivity index (χ2v) is 15.3. The zero-order chi connectivity index (χ0) is 31.8. The summed E-state index contributed by atoms with van der Waals surface area (Å²) in [5, 5.41) is 0. The molecule has 0 saturated carbocycles. The van der Waals surface area contributed by atoms with Crippen LogP contribution >= 0.6 is 0 Å². The molecule has 0 fully saturated rings. The van der Waals surface area contributed by atoms with E-state index >= 15 is 0 Å². The maximum absolute atomic E-state index is 4.26. The van der Waals surface area contributed by atoms with Gasteiger partial charge in [0.05, 0.1) is 0 Å². The van der Waals surface area contributed by atoms with E-state index in [4.69, 9.17) is 0 Å². The van der Waals surface area contributed by atoms with E-state index in [9.17, 15) is 0 Å². The predicted octanol–water partition coefficient (Wildman–Crippen LogP) is 13.8. The van der Waals surface area contributed by atoms with Crippen molar-refractivity contribution >= 4 is 0 Å². The summed E-state index contributed by atoms with van der Waals surface area (Å²) in [6, 6.07) is 16.8. The molecule has 42 heavy (non-hydrogen) atoms. The molecule has 0 aliphatic heterocycles. The van der Waals surface area contributed by atoms with E-state index in [2.05, 4.69) is 147 Å². The number of hydrogen-bond donors (Lipinski definition) is 0. The molecule has 0 spiro atoms. The van der Waals surface area contributed by atoms with E-state index in [1.54, 1.807) is 0 Å². The molecule has 0 heteroatoms. The second-order valence-electron chi connectivity index (χ2n) is 15.3. The molecule has 0 aliphatic rings. The van der Waals surface area contributed by atoms with E-state index in [1.165, 1.54) is 66.8 Å². The van der Waals surface area contributed by atoms with Crippen LogP contribution < -0.4 is 0 Å². The van der Waals surface area contributed by atoms with Crippen LogP contribution in [0.5, 0.6) is 0 Å². The Morgan fingerprint density at radius 3 is 0.738 bits per heavy atom. The summed E-state index contributed by atoms with van der Waals surface area (Å²) in [6.07, 6.45) is 0. The summed E-state index contributed by atoms with van der Waals surface area (Å²) in [4.78, 5) is 0. The lowest BCUT2D eigenvalue weighted by molar-refractivity contribution is 0.800. The summed E-state index contributed by atoms with van der Waals surface area (Å²) in [6.45, 7) is 37.7. The van der Waals surface area contributed by atoms with Gasteiger partial charge in [0.25, 0.3) is 0 Å². The molecule has 0 unspecified atom stereocenters. The molecule has 0 heterocycles. The lowest BCUT2D eigenvalue weighted by Crippen LogP contribution is -2.09. The van der Waals surface area contributed by atoms with Crippen LogP contribution in [0.4, 0.5) is 0 Å². The van der Waals surface area contributed by atoms with Crippen molar-refractivity contribution in [3.8, 4) is 22.3 Å². The Hall–Kier alpha value is -2.34. The van der Waals surface area contributed by atoms with Crippen molar-refractivity contribution in [2.75, 3.05) is 0 Å². The Morgan fingerprint density at radius 2 is 0.548 bits per heavy atom. The molecule has 0 nitrogen and oxygen atoms in total. The highest BCUT2D eigenvalue weighted by Crippen LogP contribution is 2.47. The van der Waals surface area contributed by atoms with E-state index in [0.29, 0.717) is 47.3 Å². The summed E-state index contributed by atoms with van der Waals surface area (Å²) in [7, 11) is 0. The quantitative estimate of drug-likeness (QED) is 0.229. The average Bonchev–Trinajstić information content (AvgIpc) is 2.90. The topological polar surface area (TPSA) is 0 Å². The number of benzene rings is 3. The van der Waals surface area contributed by atoms with Gasteiger partial charge in [-0.05, 0) is 120 Å². The van der Waals surface area contributed by atoms with Gasteiger partial charge in [-0.25, -0.2) is 0 Å². The van der Waals surface area contributed by atoms with Crippen molar-refractivity contribution < 1.29 is 0 Å². The Kier molecular flexibility index (Phi) is 11.0. The molecule has 3 rings (SSSR count). The molecular formula is C42H61. The third kappa shape index (κ3) is 6.90. The zero-order valence-corrected chi connectivity index (χ0v) is 30.0. The van der Waals surface area contributed by atoms with E-state index in [-0.39, 0.29) is 0 Å². The fourth-order valence-corrected chi connectivity index (χ4v) is 6.39. The van der Waals surface area contributed by atoms with Crippen LogP contribution in [0, 0.1) is 6.07 Å². The summed E-state index contributed by atoms with van der Waals surface area (Å²) >= 11 is 0. The molecule has 0 amide bonds. The smallest absolute Gasteiger partial charge is 0.000795 e. The van der Waals surface area contributed by atoms with Crippen molar-refractivity contribution in [3.63, 3.8) is 0 Å². The monoisotopic (exact) mass is 565 g/mol. The van der Waals surface area contributed by atoms with Gasteiger partial charge in [0.2, 0.25) is 0 Å². The maximum atomic E-state index is 4.26. The van der Waals surface area contributed by atoms with E-state index in [1.807, 2.05) is 0 Å². The molecule has 229 valence electrons. The van der Waals surface area contributed by atoms with Gasteiger partial charge >= 0.3 is 0 Å². The SMILES string of the molecule is CC(C)c1cc(C(C)C)c(-c2[c]c(-c3c(C(C)C)cc(C(C)C)cc3C(C)C)c(C(C)C)cc2C(C)C)c(C(C)C)c1. The number of rotatable bonds is 10. The lowest BCUT2D eigenvalue weighted by Gasteiger charge is -2.29. The molecule has 0 saturated heterocycles. The summed E-state index contributed by atoms with van der Waals surface area (Å²) < 4.78 is 0. The van der Waals surface area contributed by atoms with Crippen LogP contribution in [0.25, 0.3) is 22.3 Å². The molecule has 3 aromatic rings. The van der Waals surface area contributed by atoms with Crippen LogP contribution in [-0.2, 0) is 0 Å². The van der Waals surface area contributed by atoms with Crippen LogP contribution in [0.3, 0.4) is 0 Å². The fourth-order valence-electron chi connectivity index (χ4n) is 6.39. The standard InChI is InChI=1S/C42H61/c1-23(2)31-17-35(27(9)10)41(36(18-31)28(11)12)39-22-40(34(26(7)8)21-33(39)25(5)6)42-37(29(13)14)19-32(24(3)4)20-38(42)30(15)16/h17-21,23-30H,1-16H3. The maximum Gasteiger partial charge on any atom is -0.000795 e. The fraction of sp³-hybridized carbons (Fsp3) is 0.571. The first-order valence-corrected chi connectivity index (χ1v) is 16.9. The highest BCUT2D eigenvalue weighted by atomic mass is 14.3. The van der Waals surface area contributed by atoms with Gasteiger partial charge in [-0.1, -0.05) is 141 Å². The lowest BCUT2D eigenvalue weighted by atomic mass is 9.75. The Bertz CT molecular complexity index is 1210. The van der Waals surface area contributed by atoms with Crippen molar-refractivity contribution in [3.05, 3.63) is 80.9 Å². The third-order valence-corrected chi connectivity index (χ3v) is 9.15. The Morgan fingerprint density at radius 1 is 0.310 bits per heavy atom. The van der Waals surface area contributed by atoms with Gasteiger partial charge in [-0.2, -0.15) is 0 Å². The van der Waals surface area contributed by atoms with Crippen molar-refractivity contribution in [2.24, 2.45) is 0 Å². The minimum absolute atomic E-state index is 0.407. The minimum Gasteiger partial charge on any atom is -0.0587 e. The minimum atomic E-state index is 0.407. The van der Waals surface area contributed by atoms with Crippen molar-refractivity contribution in [1.29, 1.82) is 0 Å². The first kappa shape index (κ1) is 34.2. The molecule has 0 atom stereocenters. The molecule has 0 aliphatic carbocycles. The highest BCUT2D eigenvalue weighted by Gasteiger charge is 2.27. The predicted molar refractivity (Wildman–Crippen MR) is 189 cm³/mol. The normalized spacial score (nSPS) is 12.6. The van der Waals surface area contributed by atoms with Gasteiger partial charge in [0, 0.05) is 0 Å². The van der Waals surface area contributed by atoms with Crippen molar-refractivity contribution in [2.45, 2.75) is 158 Å². The Balaban J connectivity index is 2.64. The third-order valence-electron chi connectivity index (χ3n) is 9.15. The van der Waals surface area contributed by atoms with Crippen molar-refractivity contribution in [1.82, 2.24) is 0 Å². The summed E-state index contributed by atoms with van der Waals surface area (Å²) in [5.41, 5.74) is 17.1. The molecular weight excluding hydrogens is 504 g/mol. The summed E-state index contributed by atoms with van der Waals surface area (Å²) in [5.74, 6) is 3.55. The van der Waals surface area contributed by atoms with E-state index in [0.717, 1.165) is 0 Å². The van der Waals surface area contributed by atoms with Crippen LogP contribution in [0.1, 0.15) is 203 Å². The molecule has 0 aromatic heterocycles. The van der Waals surface area contributed by atoms with Gasteiger partial charge in [0.1, 0.15) is 0 Å². The first-order valence-electron chi connectivity index (χ1n) is 16.9. The molecule has 1 radical (unpaired) electrons. The second kappa shape index (κ2) is 13.5. The molecule has 0 N–H and O–H groups in total. The molecule has 0 bridgehead atoms. The average molecular weight is 566 g/mol. The van der Waals surface area contributed by atoms with Crippen LogP contribution in [-0.4, -0.2) is 0 Å². The zero-order valence-electron chi connectivity index (χ0n) is 30.0. The van der Waals surface area contributed by atoms with Gasteiger partial charge in [0.15, 0.2) is 0 Å². The molecule has 3 aromatic carbocycles. The van der Waals surface area contributed by atoms with Crippen LogP contribution in [0.15, 0.2) is 30.3 Å². The van der Waals surface area contributed by atoms with Gasteiger partial charge < -0.3 is 0 Å². The number of hydrogen-bond acceptors (Lipinski definition) is 0. The largest absolute Gasteiger partial charge is 0.0587 e. The first-order chi connectivity index (χ1) is 19.5. The van der Waals surface area contributed by atoms with Gasteiger partial charge in [-0.3, -0.25) is 0 Å². The van der Waals surface area contributed by atoms with E-state index < -0.39 is 0 Å².